The van der Waals surface area contributed by atoms with Gasteiger partial charge in [-0.05, 0) is 96.0 Å². The van der Waals surface area contributed by atoms with E-state index in [1.807, 2.05) is 29.9 Å². The first-order valence-electron chi connectivity index (χ1n) is 19.8. The van der Waals surface area contributed by atoms with E-state index in [-0.39, 0.29) is 25.6 Å². The van der Waals surface area contributed by atoms with Gasteiger partial charge in [0.05, 0.1) is 39.6 Å². The quantitative estimate of drug-likeness (QED) is 0.130. The Balaban J connectivity index is 1.41. The van der Waals surface area contributed by atoms with E-state index in [9.17, 15) is 24.0 Å². The molecule has 60 heavy (non-hydrogen) atoms. The number of nitrogens with zero attached hydrogens (tertiary/aromatic N) is 10. The predicted octanol–water partition coefficient (Wildman–Crippen LogP) is 2.00. The smallest absolute Gasteiger partial charge is 0.298 e. The van der Waals surface area contributed by atoms with Crippen molar-refractivity contribution in [3.05, 3.63) is 93.7 Å². The number of aromatic nitrogens is 8. The van der Waals surface area contributed by atoms with Gasteiger partial charge in [-0.1, -0.05) is 0 Å². The van der Waals surface area contributed by atoms with Crippen molar-refractivity contribution < 1.29 is 28.7 Å². The first kappa shape index (κ1) is 42.7. The van der Waals surface area contributed by atoms with Gasteiger partial charge in [0.25, 0.3) is 11.8 Å². The summed E-state index contributed by atoms with van der Waals surface area (Å²) in [4.78, 5) is 73.7. The number of nitrogens with one attached hydrogen (secondary N) is 1. The number of rotatable bonds is 16. The third-order valence-electron chi connectivity index (χ3n) is 10.3. The third kappa shape index (κ3) is 8.75. The number of fused-ring (bicyclic) bond motifs is 2. The van der Waals surface area contributed by atoms with E-state index in [0.29, 0.717) is 99.7 Å². The zero-order chi connectivity index (χ0) is 43.4. The summed E-state index contributed by atoms with van der Waals surface area (Å²) in [6.07, 6.45) is 0.149. The van der Waals surface area contributed by atoms with Crippen molar-refractivity contribution in [2.45, 2.75) is 79.7 Å². The molecule has 19 nitrogen and oxygen atoms in total. The van der Waals surface area contributed by atoms with Crippen LogP contribution in [0.4, 0.5) is 0 Å². The molecule has 0 bridgehead atoms. The van der Waals surface area contributed by atoms with Gasteiger partial charge in [0, 0.05) is 57.9 Å². The first-order chi connectivity index (χ1) is 28.6. The van der Waals surface area contributed by atoms with E-state index >= 15 is 0 Å². The minimum atomic E-state index is -0.601. The monoisotopic (exact) mass is 821 g/mol. The maximum Gasteiger partial charge on any atom is 0.298 e. The van der Waals surface area contributed by atoms with Crippen LogP contribution >= 0.6 is 0 Å². The molecule has 0 saturated carbocycles. The maximum absolute atomic E-state index is 13.7. The van der Waals surface area contributed by atoms with Gasteiger partial charge in [-0.3, -0.25) is 33.3 Å². The zero-order valence-corrected chi connectivity index (χ0v) is 34.9. The summed E-state index contributed by atoms with van der Waals surface area (Å²) in [5.74, 6) is -2.48. The van der Waals surface area contributed by atoms with Crippen LogP contribution in [0.1, 0.15) is 86.7 Å². The Morgan fingerprint density at radius 3 is 1.50 bits per heavy atom. The number of hydrogen-bond donors (Lipinski definition) is 3. The Morgan fingerprint density at radius 2 is 1.12 bits per heavy atom. The second kappa shape index (κ2) is 17.9. The number of aryl methyl sites for hydroxylation is 8. The van der Waals surface area contributed by atoms with Crippen molar-refractivity contribution in [1.29, 1.82) is 0 Å². The Hall–Kier alpha value is -6.89. The number of nitrogens with two attached hydrogens (primary N) is 2. The molecule has 6 rings (SSSR count). The van der Waals surface area contributed by atoms with Crippen LogP contribution in [0.5, 0.6) is 0 Å². The second-order valence-electron chi connectivity index (χ2n) is 14.4. The van der Waals surface area contributed by atoms with Crippen molar-refractivity contribution in [3.8, 4) is 0 Å². The average molecular weight is 822 g/mol. The second-order valence-corrected chi connectivity index (χ2v) is 14.4. The number of likely N-dealkylation sites (N-methyl/N-ethyl adjacent to an activating group) is 1. The van der Waals surface area contributed by atoms with Crippen LogP contribution in [0.25, 0.3) is 22.1 Å². The SMILES string of the molecule is CCNC(=O)COC(CCn1c(=NC(=O)c2cc(C)nn2CC)n(C)c2cc(C(N)=O)ccc21)CCn1c(=NC(=O)c2cc(C)nn2CC)n(C)c2cc(C(N)=O)ccc21. The summed E-state index contributed by atoms with van der Waals surface area (Å²) in [5.41, 5.74) is 17.1. The number of hydrogen-bond acceptors (Lipinski definition) is 8. The third-order valence-corrected chi connectivity index (χ3v) is 10.3. The number of imidazole rings is 2. The molecule has 0 atom stereocenters. The molecule has 0 fully saturated rings. The molecule has 0 spiro atoms. The number of benzene rings is 2. The number of carbonyl (C=O) groups excluding carboxylic acids is 5. The summed E-state index contributed by atoms with van der Waals surface area (Å²) >= 11 is 0. The molecule has 0 aliphatic carbocycles. The molecule has 0 saturated heterocycles. The molecule has 4 heterocycles. The minimum absolute atomic E-state index is 0.213. The molecule has 5 N–H and O–H groups in total. The van der Waals surface area contributed by atoms with Gasteiger partial charge in [-0.15, -0.1) is 0 Å². The molecule has 0 aliphatic heterocycles. The van der Waals surface area contributed by atoms with E-state index < -0.39 is 29.7 Å². The summed E-state index contributed by atoms with van der Waals surface area (Å²) in [6.45, 7) is 10.9. The lowest BCUT2D eigenvalue weighted by Gasteiger charge is -2.19. The zero-order valence-electron chi connectivity index (χ0n) is 34.9. The molecular weight excluding hydrogens is 771 g/mol. The molecule has 316 valence electrons. The Bertz CT molecular complexity index is 2610. The maximum atomic E-state index is 13.7. The summed E-state index contributed by atoms with van der Waals surface area (Å²) in [7, 11) is 3.51. The fourth-order valence-electron chi connectivity index (χ4n) is 7.36. The van der Waals surface area contributed by atoms with Crippen molar-refractivity contribution in [2.24, 2.45) is 35.5 Å². The van der Waals surface area contributed by atoms with E-state index in [1.54, 1.807) is 95.0 Å². The van der Waals surface area contributed by atoms with Crippen LogP contribution in [0.3, 0.4) is 0 Å². The van der Waals surface area contributed by atoms with E-state index in [0.717, 1.165) is 0 Å². The summed E-state index contributed by atoms with van der Waals surface area (Å²) < 4.78 is 16.7. The number of primary amides is 2. The van der Waals surface area contributed by atoms with E-state index in [2.05, 4.69) is 25.5 Å². The molecule has 0 aliphatic rings. The highest BCUT2D eigenvalue weighted by atomic mass is 16.5. The fourth-order valence-corrected chi connectivity index (χ4v) is 7.36. The number of ether oxygens (including phenoxy) is 1. The lowest BCUT2D eigenvalue weighted by atomic mass is 10.1. The van der Waals surface area contributed by atoms with Crippen LogP contribution in [0.2, 0.25) is 0 Å². The standard InChI is InChI=1S/C41H51N13O6/c1-8-44-35(55)23-60-28(15-17-51-29-13-11-26(36(42)56)21-31(29)49(6)40(51)45-38(58)33-19-24(4)47-53(33)9-2)16-18-52-30-14-12-27(37(43)57)22-32(30)50(7)41(52)46-39(59)34-20-25(5)48-54(34)10-3/h11-14,19-22,28H,8-10,15-18,23H2,1-7H3,(H2,42,56)(H2,43,57)(H,44,55). The Labute approximate surface area is 344 Å². The molecule has 2 aromatic carbocycles. The van der Waals surface area contributed by atoms with Gasteiger partial charge >= 0.3 is 0 Å². The average Bonchev–Trinajstić information content (AvgIpc) is 3.95. The highest BCUT2D eigenvalue weighted by Crippen LogP contribution is 2.20. The molecule has 19 heteroatoms. The van der Waals surface area contributed by atoms with Crippen molar-refractivity contribution in [1.82, 2.24) is 43.1 Å². The highest BCUT2D eigenvalue weighted by Gasteiger charge is 2.21. The minimum Gasteiger partial charge on any atom is -0.368 e. The van der Waals surface area contributed by atoms with E-state index in [1.165, 1.54) is 0 Å². The Kier molecular flexibility index (Phi) is 12.8. The van der Waals surface area contributed by atoms with Gasteiger partial charge in [-0.2, -0.15) is 20.2 Å². The Morgan fingerprint density at radius 1 is 0.683 bits per heavy atom. The fraction of sp³-hybridized carbons (Fsp3) is 0.390. The van der Waals surface area contributed by atoms with Gasteiger partial charge in [0.2, 0.25) is 29.0 Å². The topological polar surface area (TPSA) is 239 Å². The van der Waals surface area contributed by atoms with Crippen molar-refractivity contribution >= 4 is 51.6 Å². The summed E-state index contributed by atoms with van der Waals surface area (Å²) in [5, 5.41) is 11.6. The van der Waals surface area contributed by atoms with Crippen molar-refractivity contribution in [2.75, 3.05) is 13.2 Å². The molecule has 0 unspecified atom stereocenters. The first-order valence-corrected chi connectivity index (χ1v) is 19.8. The number of amides is 5. The van der Waals surface area contributed by atoms with Crippen LogP contribution in [-0.2, 0) is 49.8 Å². The lowest BCUT2D eigenvalue weighted by molar-refractivity contribution is -0.128. The van der Waals surface area contributed by atoms with Crippen molar-refractivity contribution in [3.63, 3.8) is 0 Å². The lowest BCUT2D eigenvalue weighted by Crippen LogP contribution is -2.33. The largest absolute Gasteiger partial charge is 0.368 e. The van der Waals surface area contributed by atoms with Crippen LogP contribution in [0.15, 0.2) is 58.5 Å². The molecule has 6 aromatic rings. The highest BCUT2D eigenvalue weighted by molar-refractivity contribution is 5.98. The molecular formula is C41H51N13O6. The van der Waals surface area contributed by atoms with Gasteiger partial charge in [0.15, 0.2) is 0 Å². The van der Waals surface area contributed by atoms with Gasteiger partial charge in [0.1, 0.15) is 18.0 Å². The normalized spacial score (nSPS) is 12.8. The predicted molar refractivity (Wildman–Crippen MR) is 222 cm³/mol. The van der Waals surface area contributed by atoms with Gasteiger partial charge < -0.3 is 39.8 Å². The number of carbonyl (C=O) groups is 5. The molecule has 0 radical (unpaired) electrons. The molecule has 4 aromatic heterocycles. The van der Waals surface area contributed by atoms with Gasteiger partial charge in [-0.25, -0.2) is 0 Å². The van der Waals surface area contributed by atoms with Crippen LogP contribution in [0, 0.1) is 13.8 Å². The van der Waals surface area contributed by atoms with Crippen LogP contribution in [-0.4, -0.2) is 86.6 Å². The molecule has 5 amide bonds. The summed E-state index contributed by atoms with van der Waals surface area (Å²) in [6, 6.07) is 13.4. The van der Waals surface area contributed by atoms with E-state index in [4.69, 9.17) is 16.2 Å². The van der Waals surface area contributed by atoms with Crippen LogP contribution < -0.4 is 28.0 Å².